The molecule has 2 bridgehead atoms. The zero-order valence-corrected chi connectivity index (χ0v) is 11.2. The van der Waals surface area contributed by atoms with Gasteiger partial charge >= 0.3 is 0 Å². The lowest BCUT2D eigenvalue weighted by Gasteiger charge is -2.50. The van der Waals surface area contributed by atoms with Gasteiger partial charge in [-0.1, -0.05) is 5.21 Å². The SMILES string of the molecule is CNC(Cc1cn(C)nn1)C1CN2CCN1CC2. The molecule has 18 heavy (non-hydrogen) atoms. The summed E-state index contributed by atoms with van der Waals surface area (Å²) in [7, 11) is 3.97. The number of aromatic nitrogens is 3. The topological polar surface area (TPSA) is 49.2 Å². The van der Waals surface area contributed by atoms with Gasteiger partial charge in [-0.15, -0.1) is 5.10 Å². The summed E-state index contributed by atoms with van der Waals surface area (Å²) < 4.78 is 1.78. The Bertz CT molecular complexity index is 395. The van der Waals surface area contributed by atoms with E-state index in [9.17, 15) is 0 Å². The summed E-state index contributed by atoms with van der Waals surface area (Å²) in [5, 5.41) is 11.7. The Morgan fingerprint density at radius 1 is 1.39 bits per heavy atom. The van der Waals surface area contributed by atoms with E-state index in [4.69, 9.17) is 0 Å². The zero-order chi connectivity index (χ0) is 12.5. The van der Waals surface area contributed by atoms with E-state index in [1.165, 1.54) is 32.7 Å². The Morgan fingerprint density at radius 2 is 2.17 bits per heavy atom. The normalized spacial score (nSPS) is 32.7. The van der Waals surface area contributed by atoms with Crippen molar-refractivity contribution in [2.24, 2.45) is 7.05 Å². The van der Waals surface area contributed by atoms with Gasteiger partial charge in [0.25, 0.3) is 0 Å². The first kappa shape index (κ1) is 12.1. The molecule has 4 heterocycles. The number of rotatable bonds is 4. The monoisotopic (exact) mass is 250 g/mol. The summed E-state index contributed by atoms with van der Waals surface area (Å²) in [5.41, 5.74) is 1.08. The average Bonchev–Trinajstić information content (AvgIpc) is 2.83. The highest BCUT2D eigenvalue weighted by atomic mass is 15.4. The van der Waals surface area contributed by atoms with Gasteiger partial charge in [0.1, 0.15) is 0 Å². The fourth-order valence-corrected chi connectivity index (χ4v) is 3.18. The van der Waals surface area contributed by atoms with Crippen molar-refractivity contribution in [3.05, 3.63) is 11.9 Å². The molecule has 0 spiro atoms. The number of nitrogens with one attached hydrogen (secondary N) is 1. The van der Waals surface area contributed by atoms with Crippen molar-refractivity contribution in [2.45, 2.75) is 18.5 Å². The Morgan fingerprint density at radius 3 is 2.67 bits per heavy atom. The predicted octanol–water partition coefficient (Wildman–Crippen LogP) is -1.05. The number of hydrogen-bond acceptors (Lipinski definition) is 5. The van der Waals surface area contributed by atoms with Crippen molar-refractivity contribution in [3.63, 3.8) is 0 Å². The van der Waals surface area contributed by atoms with Gasteiger partial charge in [0, 0.05) is 64.5 Å². The van der Waals surface area contributed by atoms with Crippen LogP contribution in [0.25, 0.3) is 0 Å². The molecule has 3 fully saturated rings. The molecule has 3 saturated heterocycles. The Hall–Kier alpha value is -0.980. The summed E-state index contributed by atoms with van der Waals surface area (Å²) in [6.07, 6.45) is 2.97. The van der Waals surface area contributed by atoms with Gasteiger partial charge in [-0.05, 0) is 7.05 Å². The van der Waals surface area contributed by atoms with E-state index < -0.39 is 0 Å². The van der Waals surface area contributed by atoms with Gasteiger partial charge in [0.05, 0.1) is 5.69 Å². The Labute approximate surface area is 108 Å². The lowest BCUT2D eigenvalue weighted by molar-refractivity contribution is -0.00215. The van der Waals surface area contributed by atoms with E-state index in [0.717, 1.165) is 12.1 Å². The van der Waals surface area contributed by atoms with Crippen LogP contribution in [-0.4, -0.2) is 76.6 Å². The molecule has 2 unspecified atom stereocenters. The first-order valence-corrected chi connectivity index (χ1v) is 6.75. The van der Waals surface area contributed by atoms with Crippen molar-refractivity contribution in [1.29, 1.82) is 0 Å². The number of nitrogens with zero attached hydrogens (tertiary/aromatic N) is 5. The summed E-state index contributed by atoms with van der Waals surface area (Å²) in [6.45, 7) is 6.08. The van der Waals surface area contributed by atoms with Gasteiger partial charge in [0.15, 0.2) is 0 Å². The van der Waals surface area contributed by atoms with Crippen LogP contribution >= 0.6 is 0 Å². The first-order valence-electron chi connectivity index (χ1n) is 6.75. The first-order chi connectivity index (χ1) is 8.76. The molecule has 2 atom stereocenters. The Balaban J connectivity index is 1.68. The van der Waals surface area contributed by atoms with E-state index in [1.807, 2.05) is 13.2 Å². The summed E-state index contributed by atoms with van der Waals surface area (Å²) in [5.74, 6) is 0. The molecule has 4 rings (SSSR count). The minimum atomic E-state index is 0.463. The number of piperazine rings is 3. The minimum Gasteiger partial charge on any atom is -0.315 e. The third kappa shape index (κ3) is 2.28. The van der Waals surface area contributed by atoms with Crippen LogP contribution < -0.4 is 5.32 Å². The molecular formula is C12H22N6. The third-order valence-electron chi connectivity index (χ3n) is 4.24. The average molecular weight is 250 g/mol. The number of aryl methyl sites for hydroxylation is 1. The van der Waals surface area contributed by atoms with E-state index in [-0.39, 0.29) is 0 Å². The summed E-state index contributed by atoms with van der Waals surface area (Å²) >= 11 is 0. The van der Waals surface area contributed by atoms with Gasteiger partial charge in [-0.3, -0.25) is 14.5 Å². The van der Waals surface area contributed by atoms with Crippen molar-refractivity contribution in [3.8, 4) is 0 Å². The van der Waals surface area contributed by atoms with Crippen LogP contribution in [0.2, 0.25) is 0 Å². The Kier molecular flexibility index (Phi) is 3.32. The maximum absolute atomic E-state index is 4.20. The van der Waals surface area contributed by atoms with Crippen LogP contribution in [0.5, 0.6) is 0 Å². The minimum absolute atomic E-state index is 0.463. The molecular weight excluding hydrogens is 228 g/mol. The van der Waals surface area contributed by atoms with Crippen LogP contribution in [0.1, 0.15) is 5.69 Å². The van der Waals surface area contributed by atoms with E-state index in [1.54, 1.807) is 4.68 Å². The molecule has 1 aromatic rings. The lowest BCUT2D eigenvalue weighted by atomic mass is 9.97. The molecule has 1 aromatic heterocycles. The molecule has 1 N–H and O–H groups in total. The number of hydrogen-bond donors (Lipinski definition) is 1. The third-order valence-corrected chi connectivity index (χ3v) is 4.24. The maximum atomic E-state index is 4.20. The lowest BCUT2D eigenvalue weighted by Crippen LogP contribution is -2.66. The van der Waals surface area contributed by atoms with Crippen molar-refractivity contribution in [2.75, 3.05) is 39.8 Å². The standard InChI is InChI=1S/C12H22N6/c1-13-11(7-10-8-16(2)15-14-10)12-9-17-3-5-18(12)6-4-17/h8,11-13H,3-7,9H2,1-2H3. The highest BCUT2D eigenvalue weighted by Gasteiger charge is 2.36. The molecule has 3 aliphatic heterocycles. The zero-order valence-electron chi connectivity index (χ0n) is 11.2. The molecule has 6 nitrogen and oxygen atoms in total. The molecule has 0 amide bonds. The quantitative estimate of drug-likeness (QED) is 0.738. The predicted molar refractivity (Wildman–Crippen MR) is 69.4 cm³/mol. The summed E-state index contributed by atoms with van der Waals surface area (Å²) in [4.78, 5) is 5.20. The molecule has 0 aromatic carbocycles. The van der Waals surface area contributed by atoms with Crippen LogP contribution in [0.4, 0.5) is 0 Å². The molecule has 100 valence electrons. The highest BCUT2D eigenvalue weighted by Crippen LogP contribution is 2.19. The van der Waals surface area contributed by atoms with Gasteiger partial charge in [-0.25, -0.2) is 0 Å². The smallest absolute Gasteiger partial charge is 0.0843 e. The number of likely N-dealkylation sites (N-methyl/N-ethyl adjacent to an activating group) is 1. The second kappa shape index (κ2) is 4.95. The molecule has 3 aliphatic rings. The van der Waals surface area contributed by atoms with Crippen LogP contribution in [0.3, 0.4) is 0 Å². The fourth-order valence-electron chi connectivity index (χ4n) is 3.18. The van der Waals surface area contributed by atoms with Gasteiger partial charge in [0.2, 0.25) is 0 Å². The second-order valence-corrected chi connectivity index (χ2v) is 5.39. The molecule has 0 aliphatic carbocycles. The largest absolute Gasteiger partial charge is 0.315 e. The van der Waals surface area contributed by atoms with E-state index >= 15 is 0 Å². The van der Waals surface area contributed by atoms with E-state index in [0.29, 0.717) is 12.1 Å². The summed E-state index contributed by atoms with van der Waals surface area (Å²) in [6, 6.07) is 1.07. The van der Waals surface area contributed by atoms with Gasteiger partial charge < -0.3 is 5.32 Å². The van der Waals surface area contributed by atoms with Crippen molar-refractivity contribution >= 4 is 0 Å². The van der Waals surface area contributed by atoms with Crippen LogP contribution in [-0.2, 0) is 13.5 Å². The van der Waals surface area contributed by atoms with Crippen LogP contribution in [0, 0.1) is 0 Å². The van der Waals surface area contributed by atoms with E-state index in [2.05, 4.69) is 32.5 Å². The molecule has 6 heteroatoms. The van der Waals surface area contributed by atoms with Crippen LogP contribution in [0.15, 0.2) is 6.20 Å². The van der Waals surface area contributed by atoms with Gasteiger partial charge in [-0.2, -0.15) is 0 Å². The highest BCUT2D eigenvalue weighted by molar-refractivity contribution is 5.02. The fraction of sp³-hybridized carbons (Fsp3) is 0.833. The second-order valence-electron chi connectivity index (χ2n) is 5.39. The molecule has 0 radical (unpaired) electrons. The van der Waals surface area contributed by atoms with Crippen molar-refractivity contribution < 1.29 is 0 Å². The molecule has 0 saturated carbocycles. The maximum Gasteiger partial charge on any atom is 0.0843 e. The van der Waals surface area contributed by atoms with Crippen molar-refractivity contribution in [1.82, 2.24) is 30.1 Å². The number of fused-ring (bicyclic) bond motifs is 3.